The van der Waals surface area contributed by atoms with Gasteiger partial charge in [0.1, 0.15) is 5.82 Å². The van der Waals surface area contributed by atoms with Crippen LogP contribution in [0.15, 0.2) is 18.3 Å². The molecule has 20 heavy (non-hydrogen) atoms. The number of piperazine rings is 1. The van der Waals surface area contributed by atoms with Gasteiger partial charge in [-0.2, -0.15) is 0 Å². The monoisotopic (exact) mass is 274 g/mol. The molecule has 2 aliphatic heterocycles. The molecule has 0 aliphatic carbocycles. The Kier molecular flexibility index (Phi) is 4.53. The Bertz CT molecular complexity index is 428. The SMILES string of the molecule is CCN1CCCCC1c1cccnc1N1CCNCC1. The Labute approximate surface area is 122 Å². The topological polar surface area (TPSA) is 31.4 Å². The summed E-state index contributed by atoms with van der Waals surface area (Å²) in [7, 11) is 0. The van der Waals surface area contributed by atoms with Crippen molar-refractivity contribution in [2.75, 3.05) is 44.2 Å². The molecule has 2 aliphatic rings. The molecule has 1 aromatic rings. The lowest BCUT2D eigenvalue weighted by atomic mass is 9.95. The third-order valence-electron chi connectivity index (χ3n) is 4.61. The predicted molar refractivity (Wildman–Crippen MR) is 83.2 cm³/mol. The Hall–Kier alpha value is -1.13. The van der Waals surface area contributed by atoms with Crippen LogP contribution in [0.25, 0.3) is 0 Å². The highest BCUT2D eigenvalue weighted by Gasteiger charge is 2.27. The van der Waals surface area contributed by atoms with E-state index in [1.54, 1.807) is 0 Å². The molecule has 4 heteroatoms. The summed E-state index contributed by atoms with van der Waals surface area (Å²) in [5, 5.41) is 3.42. The van der Waals surface area contributed by atoms with Crippen molar-refractivity contribution in [3.63, 3.8) is 0 Å². The minimum atomic E-state index is 0.562. The van der Waals surface area contributed by atoms with E-state index in [-0.39, 0.29) is 0 Å². The maximum atomic E-state index is 4.72. The summed E-state index contributed by atoms with van der Waals surface area (Å²) in [4.78, 5) is 9.79. The average Bonchev–Trinajstić information content (AvgIpc) is 2.55. The summed E-state index contributed by atoms with van der Waals surface area (Å²) in [5.41, 5.74) is 1.44. The highest BCUT2D eigenvalue weighted by molar-refractivity contribution is 5.49. The van der Waals surface area contributed by atoms with Crippen LogP contribution >= 0.6 is 0 Å². The number of aromatic nitrogens is 1. The third kappa shape index (κ3) is 2.81. The molecule has 0 aromatic carbocycles. The molecule has 2 saturated heterocycles. The van der Waals surface area contributed by atoms with E-state index in [4.69, 9.17) is 4.98 Å². The van der Waals surface area contributed by atoms with E-state index in [0.717, 1.165) is 32.7 Å². The fraction of sp³-hybridized carbons (Fsp3) is 0.688. The lowest BCUT2D eigenvalue weighted by Crippen LogP contribution is -2.45. The molecule has 0 saturated carbocycles. The highest BCUT2D eigenvalue weighted by Crippen LogP contribution is 2.35. The van der Waals surface area contributed by atoms with Crippen molar-refractivity contribution in [2.45, 2.75) is 32.2 Å². The zero-order chi connectivity index (χ0) is 13.8. The van der Waals surface area contributed by atoms with Gasteiger partial charge >= 0.3 is 0 Å². The van der Waals surface area contributed by atoms with Crippen molar-refractivity contribution >= 4 is 5.82 Å². The van der Waals surface area contributed by atoms with Crippen molar-refractivity contribution in [2.24, 2.45) is 0 Å². The van der Waals surface area contributed by atoms with Gasteiger partial charge in [-0.05, 0) is 32.0 Å². The molecule has 0 amide bonds. The molecule has 0 spiro atoms. The fourth-order valence-corrected chi connectivity index (χ4v) is 3.53. The number of piperidine rings is 1. The van der Waals surface area contributed by atoms with Crippen LogP contribution in [0.5, 0.6) is 0 Å². The molecule has 110 valence electrons. The Morgan fingerprint density at radius 2 is 2.10 bits per heavy atom. The summed E-state index contributed by atoms with van der Waals surface area (Å²) in [5.74, 6) is 1.22. The van der Waals surface area contributed by atoms with Crippen LogP contribution in [0, 0.1) is 0 Å². The second-order valence-electron chi connectivity index (χ2n) is 5.79. The molecular weight excluding hydrogens is 248 g/mol. The standard InChI is InChI=1S/C16H26N4/c1-2-19-11-4-3-7-15(19)14-6-5-8-18-16(14)20-12-9-17-10-13-20/h5-6,8,15,17H,2-4,7,9-13H2,1H3. The summed E-state index contributed by atoms with van der Waals surface area (Å²) in [6, 6.07) is 4.96. The van der Waals surface area contributed by atoms with Crippen molar-refractivity contribution in [3.8, 4) is 0 Å². The number of anilines is 1. The van der Waals surface area contributed by atoms with Gasteiger partial charge in [0.25, 0.3) is 0 Å². The minimum absolute atomic E-state index is 0.562. The van der Waals surface area contributed by atoms with Gasteiger partial charge in [0, 0.05) is 44.0 Å². The van der Waals surface area contributed by atoms with Gasteiger partial charge in [0.2, 0.25) is 0 Å². The van der Waals surface area contributed by atoms with Crippen molar-refractivity contribution in [1.29, 1.82) is 0 Å². The van der Waals surface area contributed by atoms with Crippen LogP contribution < -0.4 is 10.2 Å². The number of nitrogens with zero attached hydrogens (tertiary/aromatic N) is 3. The van der Waals surface area contributed by atoms with E-state index in [1.165, 1.54) is 37.2 Å². The van der Waals surface area contributed by atoms with Crippen molar-refractivity contribution < 1.29 is 0 Å². The number of hydrogen-bond acceptors (Lipinski definition) is 4. The van der Waals surface area contributed by atoms with E-state index in [2.05, 4.69) is 34.2 Å². The first-order chi connectivity index (χ1) is 9.90. The fourth-order valence-electron chi connectivity index (χ4n) is 3.53. The van der Waals surface area contributed by atoms with Gasteiger partial charge in [-0.15, -0.1) is 0 Å². The van der Waals surface area contributed by atoms with Gasteiger partial charge in [-0.1, -0.05) is 19.4 Å². The second-order valence-corrected chi connectivity index (χ2v) is 5.79. The number of rotatable bonds is 3. The molecule has 1 unspecified atom stereocenters. The van der Waals surface area contributed by atoms with Crippen LogP contribution in [0.3, 0.4) is 0 Å². The second kappa shape index (κ2) is 6.55. The van der Waals surface area contributed by atoms with Gasteiger partial charge in [-0.25, -0.2) is 4.98 Å². The maximum absolute atomic E-state index is 4.72. The first-order valence-corrected chi connectivity index (χ1v) is 8.05. The Balaban J connectivity index is 1.87. The van der Waals surface area contributed by atoms with Crippen molar-refractivity contribution in [1.82, 2.24) is 15.2 Å². The zero-order valence-corrected chi connectivity index (χ0v) is 12.5. The van der Waals surface area contributed by atoms with Gasteiger partial charge < -0.3 is 10.2 Å². The predicted octanol–water partition coefficient (Wildman–Crippen LogP) is 2.04. The van der Waals surface area contributed by atoms with Crippen LogP contribution in [0.2, 0.25) is 0 Å². The molecule has 1 aromatic heterocycles. The molecular formula is C16H26N4. The maximum Gasteiger partial charge on any atom is 0.133 e. The summed E-state index contributed by atoms with van der Waals surface area (Å²) in [6.07, 6.45) is 5.91. The van der Waals surface area contributed by atoms with Gasteiger partial charge in [-0.3, -0.25) is 4.90 Å². The Morgan fingerprint density at radius 3 is 2.90 bits per heavy atom. The van der Waals surface area contributed by atoms with E-state index < -0.39 is 0 Å². The molecule has 1 N–H and O–H groups in total. The van der Waals surface area contributed by atoms with Crippen molar-refractivity contribution in [3.05, 3.63) is 23.9 Å². The first kappa shape index (κ1) is 13.8. The van der Waals surface area contributed by atoms with E-state index in [1.807, 2.05) is 6.20 Å². The molecule has 0 radical (unpaired) electrons. The lowest BCUT2D eigenvalue weighted by molar-refractivity contribution is 0.157. The Morgan fingerprint density at radius 1 is 1.25 bits per heavy atom. The van der Waals surface area contributed by atoms with Crippen LogP contribution in [0.4, 0.5) is 5.82 Å². The minimum Gasteiger partial charge on any atom is -0.354 e. The van der Waals surface area contributed by atoms with E-state index in [0.29, 0.717) is 6.04 Å². The van der Waals surface area contributed by atoms with Crippen LogP contribution in [0.1, 0.15) is 37.8 Å². The first-order valence-electron chi connectivity index (χ1n) is 8.05. The van der Waals surface area contributed by atoms with E-state index >= 15 is 0 Å². The summed E-state index contributed by atoms with van der Waals surface area (Å²) >= 11 is 0. The quantitative estimate of drug-likeness (QED) is 0.914. The lowest BCUT2D eigenvalue weighted by Gasteiger charge is -2.38. The van der Waals surface area contributed by atoms with Gasteiger partial charge in [0.15, 0.2) is 0 Å². The molecule has 3 heterocycles. The molecule has 3 rings (SSSR count). The van der Waals surface area contributed by atoms with Crippen LogP contribution in [-0.4, -0.2) is 49.2 Å². The zero-order valence-electron chi connectivity index (χ0n) is 12.5. The molecule has 2 fully saturated rings. The third-order valence-corrected chi connectivity index (χ3v) is 4.61. The summed E-state index contributed by atoms with van der Waals surface area (Å²) in [6.45, 7) is 8.93. The number of hydrogen-bond donors (Lipinski definition) is 1. The average molecular weight is 274 g/mol. The largest absolute Gasteiger partial charge is 0.354 e. The normalized spacial score (nSPS) is 24.9. The molecule has 0 bridgehead atoms. The molecule has 1 atom stereocenters. The van der Waals surface area contributed by atoms with E-state index in [9.17, 15) is 0 Å². The molecule has 4 nitrogen and oxygen atoms in total. The highest BCUT2D eigenvalue weighted by atomic mass is 15.2. The smallest absolute Gasteiger partial charge is 0.133 e. The number of nitrogens with one attached hydrogen (secondary N) is 1. The van der Waals surface area contributed by atoms with Crippen LogP contribution in [-0.2, 0) is 0 Å². The van der Waals surface area contributed by atoms with Gasteiger partial charge in [0.05, 0.1) is 0 Å². The summed E-state index contributed by atoms with van der Waals surface area (Å²) < 4.78 is 0. The number of likely N-dealkylation sites (tertiary alicyclic amines) is 1. The number of pyridine rings is 1.